The summed E-state index contributed by atoms with van der Waals surface area (Å²) < 4.78 is 119. The number of hydrogen-bond donors (Lipinski definition) is 0. The molecule has 0 bridgehead atoms. The zero-order chi connectivity index (χ0) is 23.7. The van der Waals surface area contributed by atoms with Crippen molar-refractivity contribution in [2.45, 2.75) is 12.4 Å². The van der Waals surface area contributed by atoms with Crippen molar-refractivity contribution < 1.29 is 55.9 Å². The number of nitriles is 1. The highest BCUT2D eigenvalue weighted by Crippen LogP contribution is 2.47. The summed E-state index contributed by atoms with van der Waals surface area (Å²) in [7, 11) is -16.0. The highest BCUT2D eigenvalue weighted by atomic mass is 32.2. The summed E-state index contributed by atoms with van der Waals surface area (Å²) in [6, 6.07) is 1.03. The molecule has 1 rings (SSSR count). The molecular weight excluding hydrogens is 489 g/mol. The predicted molar refractivity (Wildman–Crippen MR) is 89.0 cm³/mol. The molecule has 0 N–H and O–H groups in total. The van der Waals surface area contributed by atoms with E-state index in [2.05, 4.69) is 12.5 Å². The van der Waals surface area contributed by atoms with Gasteiger partial charge in [0.15, 0.2) is 11.3 Å². The molecular formula is C11H9F3N2O11S3. The number of nitro groups is 1. The Labute approximate surface area is 167 Å². The molecule has 0 atom stereocenters. The molecule has 30 heavy (non-hydrogen) atoms. The van der Waals surface area contributed by atoms with Gasteiger partial charge in [-0.25, -0.2) is 0 Å². The maximum Gasteiger partial charge on any atom is 0.534 e. The van der Waals surface area contributed by atoms with Crippen LogP contribution in [0.1, 0.15) is 12.5 Å². The van der Waals surface area contributed by atoms with Crippen LogP contribution in [0, 0.1) is 21.4 Å². The van der Waals surface area contributed by atoms with Gasteiger partial charge in [-0.3, -0.25) is 10.1 Å². The van der Waals surface area contributed by atoms with Gasteiger partial charge < -0.3 is 12.5 Å². The van der Waals surface area contributed by atoms with E-state index in [4.69, 9.17) is 5.26 Å². The Morgan fingerprint density at radius 1 is 1.10 bits per heavy atom. The molecule has 1 aromatic rings. The van der Waals surface area contributed by atoms with Crippen molar-refractivity contribution in [3.05, 3.63) is 21.7 Å². The van der Waals surface area contributed by atoms with Crippen LogP contribution in [0.3, 0.4) is 0 Å². The molecule has 13 nitrogen and oxygen atoms in total. The van der Waals surface area contributed by atoms with Gasteiger partial charge in [0.1, 0.15) is 6.07 Å². The molecule has 0 aromatic heterocycles. The van der Waals surface area contributed by atoms with Crippen LogP contribution in [0.4, 0.5) is 18.9 Å². The summed E-state index contributed by atoms with van der Waals surface area (Å²) in [5, 5.41) is 20.2. The largest absolute Gasteiger partial charge is 0.534 e. The van der Waals surface area contributed by atoms with Gasteiger partial charge in [0.2, 0.25) is 11.5 Å². The summed E-state index contributed by atoms with van der Waals surface area (Å²) in [6.07, 6.45) is 0.331. The first-order valence-corrected chi connectivity index (χ1v) is 11.7. The van der Waals surface area contributed by atoms with Crippen molar-refractivity contribution >= 4 is 36.0 Å². The summed E-state index contributed by atoms with van der Waals surface area (Å²) >= 11 is 0. The van der Waals surface area contributed by atoms with Crippen LogP contribution in [-0.4, -0.2) is 47.7 Å². The molecule has 0 aliphatic heterocycles. The third-order valence-electron chi connectivity index (χ3n) is 2.77. The monoisotopic (exact) mass is 498 g/mol. The van der Waals surface area contributed by atoms with E-state index in [1.54, 1.807) is 0 Å². The molecule has 19 heteroatoms. The predicted octanol–water partition coefficient (Wildman–Crippen LogP) is 0.762. The zero-order valence-corrected chi connectivity index (χ0v) is 17.0. The lowest BCUT2D eigenvalue weighted by molar-refractivity contribution is -0.385. The van der Waals surface area contributed by atoms with Crippen molar-refractivity contribution in [1.29, 1.82) is 5.26 Å². The maximum atomic E-state index is 12.6. The molecule has 0 amide bonds. The quantitative estimate of drug-likeness (QED) is 0.211. The first-order valence-electron chi connectivity index (χ1n) is 6.93. The van der Waals surface area contributed by atoms with E-state index in [1.807, 2.05) is 0 Å². The highest BCUT2D eigenvalue weighted by molar-refractivity contribution is 7.88. The van der Waals surface area contributed by atoms with E-state index < -0.39 is 75.0 Å². The Hall–Kier alpha value is -2.85. The number of rotatable bonds is 8. The molecule has 0 saturated carbocycles. The lowest BCUT2D eigenvalue weighted by Gasteiger charge is -2.16. The second-order valence-electron chi connectivity index (χ2n) is 5.00. The van der Waals surface area contributed by atoms with Gasteiger partial charge in [-0.05, 0) is 6.92 Å². The lowest BCUT2D eigenvalue weighted by Crippen LogP contribution is -2.28. The van der Waals surface area contributed by atoms with Crippen molar-refractivity contribution in [2.75, 3.05) is 12.0 Å². The Bertz CT molecular complexity index is 1230. The number of benzene rings is 1. The van der Waals surface area contributed by atoms with E-state index in [0.717, 1.165) is 13.0 Å². The summed E-state index contributed by atoms with van der Waals surface area (Å²) in [5.74, 6) is -5.86. The van der Waals surface area contributed by atoms with E-state index in [9.17, 15) is 48.5 Å². The van der Waals surface area contributed by atoms with Gasteiger partial charge >= 0.3 is 35.9 Å². The second-order valence-corrected chi connectivity index (χ2v) is 9.97. The van der Waals surface area contributed by atoms with E-state index >= 15 is 0 Å². The van der Waals surface area contributed by atoms with Crippen LogP contribution < -0.4 is 12.5 Å². The van der Waals surface area contributed by atoms with Crippen LogP contribution in [0.15, 0.2) is 6.07 Å². The van der Waals surface area contributed by atoms with E-state index in [0.29, 0.717) is 6.26 Å². The van der Waals surface area contributed by atoms with Crippen molar-refractivity contribution in [1.82, 2.24) is 0 Å². The molecule has 168 valence electrons. The Morgan fingerprint density at radius 3 is 2.00 bits per heavy atom. The molecule has 1 aromatic carbocycles. The fraction of sp³-hybridized carbons (Fsp3) is 0.364. The first-order chi connectivity index (χ1) is 13.3. The number of nitro benzene ring substituents is 1. The summed E-state index contributed by atoms with van der Waals surface area (Å²) in [4.78, 5) is 9.71. The average molecular weight is 498 g/mol. The van der Waals surface area contributed by atoms with Crippen LogP contribution in [-0.2, 0) is 30.4 Å². The third kappa shape index (κ3) is 5.83. The SMILES string of the molecule is CCS(=O)(=O)Oc1c(OS(=O)(=O)C(F)(F)F)cc([N+](=O)[O-])c(C#N)c1OS(C)(=O)=O. The molecule has 0 heterocycles. The van der Waals surface area contributed by atoms with Crippen LogP contribution >= 0.6 is 0 Å². The molecule has 0 fully saturated rings. The number of nitrogens with zero attached hydrogens (tertiary/aromatic N) is 2. The van der Waals surface area contributed by atoms with Gasteiger partial charge in [0, 0.05) is 0 Å². The van der Waals surface area contributed by atoms with Crippen molar-refractivity contribution in [3.63, 3.8) is 0 Å². The zero-order valence-electron chi connectivity index (χ0n) is 14.5. The van der Waals surface area contributed by atoms with E-state index in [-0.39, 0.29) is 6.07 Å². The second kappa shape index (κ2) is 8.11. The summed E-state index contributed by atoms with van der Waals surface area (Å²) in [5.41, 5.74) is -8.85. The van der Waals surface area contributed by atoms with Crippen molar-refractivity contribution in [3.8, 4) is 23.3 Å². The summed E-state index contributed by atoms with van der Waals surface area (Å²) in [6.45, 7) is 0.968. The molecule has 0 saturated heterocycles. The van der Waals surface area contributed by atoms with Crippen LogP contribution in [0.2, 0.25) is 0 Å². The average Bonchev–Trinajstić information content (AvgIpc) is 2.54. The number of halogens is 3. The Morgan fingerprint density at radius 2 is 1.63 bits per heavy atom. The Balaban J connectivity index is 4.11. The topological polar surface area (TPSA) is 197 Å². The minimum Gasteiger partial charge on any atom is -0.377 e. The molecule has 0 aliphatic carbocycles. The fourth-order valence-corrected chi connectivity index (χ4v) is 3.02. The molecule has 0 aliphatic rings. The number of hydrogen-bond acceptors (Lipinski definition) is 12. The van der Waals surface area contributed by atoms with Crippen molar-refractivity contribution in [2.24, 2.45) is 0 Å². The minimum absolute atomic E-state index is 0.0719. The van der Waals surface area contributed by atoms with Gasteiger partial charge in [0.05, 0.1) is 23.0 Å². The molecule has 0 radical (unpaired) electrons. The van der Waals surface area contributed by atoms with Gasteiger partial charge in [0.25, 0.3) is 5.69 Å². The van der Waals surface area contributed by atoms with Crippen LogP contribution in [0.5, 0.6) is 17.2 Å². The molecule has 0 unspecified atom stereocenters. The van der Waals surface area contributed by atoms with E-state index in [1.165, 1.54) is 0 Å². The molecule has 0 spiro atoms. The fourth-order valence-electron chi connectivity index (χ4n) is 1.58. The normalized spacial score (nSPS) is 12.7. The van der Waals surface area contributed by atoms with Gasteiger partial charge in [-0.2, -0.15) is 43.7 Å². The smallest absolute Gasteiger partial charge is 0.377 e. The Kier molecular flexibility index (Phi) is 6.81. The van der Waals surface area contributed by atoms with Gasteiger partial charge in [-0.1, -0.05) is 0 Å². The van der Waals surface area contributed by atoms with Gasteiger partial charge in [-0.15, -0.1) is 0 Å². The van der Waals surface area contributed by atoms with Crippen LogP contribution in [0.25, 0.3) is 0 Å². The standard InChI is InChI=1S/C11H9F3N2O11S3/c1-3-29(21,22)27-10-8(25-30(23,24)11(12,13)14)4-7(16(17)18)6(5-15)9(10)26-28(2,19)20/h4H,3H2,1-2H3. The highest BCUT2D eigenvalue weighted by Gasteiger charge is 2.49. The number of alkyl halides is 3. The maximum absolute atomic E-state index is 12.6. The minimum atomic E-state index is -6.54. The lowest BCUT2D eigenvalue weighted by atomic mass is 10.1. The third-order valence-corrected chi connectivity index (χ3v) is 5.33. The first kappa shape index (κ1) is 25.2.